The van der Waals surface area contributed by atoms with Crippen molar-refractivity contribution in [3.05, 3.63) is 48.2 Å². The van der Waals surface area contributed by atoms with Crippen LogP contribution in [0.5, 0.6) is 6.01 Å². The van der Waals surface area contributed by atoms with Crippen LogP contribution in [0.1, 0.15) is 12.0 Å². The molecule has 2 aromatic rings. The summed E-state index contributed by atoms with van der Waals surface area (Å²) in [5.74, 6) is 1.39. The number of halogens is 1. The van der Waals surface area contributed by atoms with Crippen molar-refractivity contribution in [2.45, 2.75) is 6.42 Å². The largest absolute Gasteiger partial charge is 0.462 e. The molecule has 3 atom stereocenters. The summed E-state index contributed by atoms with van der Waals surface area (Å²) in [6, 6.07) is 3.94. The summed E-state index contributed by atoms with van der Waals surface area (Å²) in [6.45, 7) is 3.38. The first kappa shape index (κ1) is 22.1. The molecule has 9 heteroatoms. The third kappa shape index (κ3) is 5.59. The lowest BCUT2D eigenvalue weighted by molar-refractivity contribution is -0.116. The molecule has 1 saturated heterocycles. The Balaban J connectivity index is 1.20. The standard InChI is InChI=1S/C23H29FN6O2/c1-29(2)10-11-32-23-27-13-20(24)22(28-23)30-14-18-17(19(18)15-30)7-9-26-21(31)6-5-16-4-3-8-25-12-16/h3-6,8,12-13,17-19H,7,9-11,14-15H2,1-2H3,(H,26,31)/b6-5+/t17?,18-,19+. The van der Waals surface area contributed by atoms with Gasteiger partial charge in [0.2, 0.25) is 5.91 Å². The number of nitrogens with one attached hydrogen (secondary N) is 1. The summed E-state index contributed by atoms with van der Waals surface area (Å²) in [5.41, 5.74) is 0.891. The third-order valence-electron chi connectivity index (χ3n) is 6.03. The summed E-state index contributed by atoms with van der Waals surface area (Å²) >= 11 is 0. The van der Waals surface area contributed by atoms with Gasteiger partial charge in [-0.2, -0.15) is 4.98 Å². The maximum Gasteiger partial charge on any atom is 0.318 e. The quantitative estimate of drug-likeness (QED) is 0.565. The molecular weight excluding hydrogens is 411 g/mol. The molecule has 1 saturated carbocycles. The van der Waals surface area contributed by atoms with Crippen LogP contribution in [0, 0.1) is 23.6 Å². The van der Waals surface area contributed by atoms with E-state index in [1.807, 2.05) is 36.0 Å². The highest BCUT2D eigenvalue weighted by atomic mass is 19.1. The number of carbonyl (C=O) groups excluding carboxylic acids is 1. The minimum absolute atomic E-state index is 0.105. The number of piperidine rings is 1. The molecule has 0 aromatic carbocycles. The Morgan fingerprint density at radius 3 is 2.88 bits per heavy atom. The highest BCUT2D eigenvalue weighted by Crippen LogP contribution is 2.54. The first-order valence-corrected chi connectivity index (χ1v) is 10.9. The van der Waals surface area contributed by atoms with Gasteiger partial charge in [-0.25, -0.2) is 9.37 Å². The first-order chi connectivity index (χ1) is 15.5. The lowest BCUT2D eigenvalue weighted by Crippen LogP contribution is -2.28. The minimum atomic E-state index is -0.421. The van der Waals surface area contributed by atoms with Gasteiger partial charge in [0.25, 0.3) is 0 Å². The monoisotopic (exact) mass is 440 g/mol. The van der Waals surface area contributed by atoms with Crippen molar-refractivity contribution in [2.24, 2.45) is 17.8 Å². The number of pyridine rings is 1. The average molecular weight is 441 g/mol. The number of amides is 1. The van der Waals surface area contributed by atoms with Gasteiger partial charge in [0.15, 0.2) is 11.6 Å². The molecule has 170 valence electrons. The topological polar surface area (TPSA) is 83.5 Å². The van der Waals surface area contributed by atoms with Gasteiger partial charge in [-0.3, -0.25) is 9.78 Å². The van der Waals surface area contributed by atoms with Crippen LogP contribution in [0.15, 0.2) is 36.8 Å². The zero-order valence-corrected chi connectivity index (χ0v) is 18.4. The van der Waals surface area contributed by atoms with Crippen molar-refractivity contribution >= 4 is 17.8 Å². The summed E-state index contributed by atoms with van der Waals surface area (Å²) in [6.07, 6.45) is 8.80. The maximum absolute atomic E-state index is 14.3. The van der Waals surface area contributed by atoms with Gasteiger partial charge in [-0.1, -0.05) is 6.07 Å². The number of carbonyl (C=O) groups is 1. The Labute approximate surface area is 187 Å². The normalized spacial score (nSPS) is 21.8. The first-order valence-electron chi connectivity index (χ1n) is 10.9. The minimum Gasteiger partial charge on any atom is -0.462 e. The molecule has 2 fully saturated rings. The van der Waals surface area contributed by atoms with E-state index in [0.717, 1.165) is 31.6 Å². The fourth-order valence-electron chi connectivity index (χ4n) is 4.27. The summed E-state index contributed by atoms with van der Waals surface area (Å²) in [5, 5.41) is 2.94. The van der Waals surface area contributed by atoms with Crippen molar-refractivity contribution in [1.29, 1.82) is 0 Å². The molecule has 0 bridgehead atoms. The molecule has 1 amide bonds. The van der Waals surface area contributed by atoms with Crippen molar-refractivity contribution in [3.63, 3.8) is 0 Å². The van der Waals surface area contributed by atoms with Crippen LogP contribution in [-0.4, -0.2) is 72.6 Å². The van der Waals surface area contributed by atoms with E-state index in [4.69, 9.17) is 4.74 Å². The van der Waals surface area contributed by atoms with Gasteiger partial charge < -0.3 is 19.9 Å². The Morgan fingerprint density at radius 1 is 1.34 bits per heavy atom. The second-order valence-electron chi connectivity index (χ2n) is 8.57. The molecule has 0 spiro atoms. The number of nitrogens with zero attached hydrogens (tertiary/aromatic N) is 5. The number of rotatable bonds is 10. The Morgan fingerprint density at radius 2 is 2.16 bits per heavy atom. The molecule has 4 rings (SSSR count). The van der Waals surface area contributed by atoms with Crippen LogP contribution in [-0.2, 0) is 4.79 Å². The van der Waals surface area contributed by atoms with Crippen molar-refractivity contribution < 1.29 is 13.9 Å². The van der Waals surface area contributed by atoms with Gasteiger partial charge >= 0.3 is 6.01 Å². The van der Waals surface area contributed by atoms with Crippen LogP contribution in [0.25, 0.3) is 6.08 Å². The van der Waals surface area contributed by atoms with E-state index in [2.05, 4.69) is 20.3 Å². The smallest absolute Gasteiger partial charge is 0.318 e. The lowest BCUT2D eigenvalue weighted by atomic mass is 10.2. The van der Waals surface area contributed by atoms with Crippen LogP contribution in [0.3, 0.4) is 0 Å². The van der Waals surface area contributed by atoms with E-state index in [1.165, 1.54) is 12.3 Å². The van der Waals surface area contributed by atoms with Gasteiger partial charge in [-0.05, 0) is 56.0 Å². The average Bonchev–Trinajstić information content (AvgIpc) is 3.22. The van der Waals surface area contributed by atoms with E-state index in [1.54, 1.807) is 18.5 Å². The second kappa shape index (κ2) is 10.0. The zero-order chi connectivity index (χ0) is 22.5. The van der Waals surface area contributed by atoms with Crippen molar-refractivity contribution in [1.82, 2.24) is 25.2 Å². The van der Waals surface area contributed by atoms with Crippen LogP contribution in [0.4, 0.5) is 10.2 Å². The Bertz CT molecular complexity index is 943. The fourth-order valence-corrected chi connectivity index (χ4v) is 4.27. The van der Waals surface area contributed by atoms with E-state index in [0.29, 0.717) is 36.7 Å². The van der Waals surface area contributed by atoms with Crippen LogP contribution in [0.2, 0.25) is 0 Å². The van der Waals surface area contributed by atoms with Crippen LogP contribution >= 0.6 is 0 Å². The van der Waals surface area contributed by atoms with E-state index in [9.17, 15) is 9.18 Å². The van der Waals surface area contributed by atoms with E-state index < -0.39 is 5.82 Å². The molecule has 32 heavy (non-hydrogen) atoms. The number of hydrogen-bond acceptors (Lipinski definition) is 7. The molecule has 3 heterocycles. The van der Waals surface area contributed by atoms with Crippen LogP contribution < -0.4 is 15.0 Å². The molecule has 1 N–H and O–H groups in total. The SMILES string of the molecule is CN(C)CCOc1ncc(F)c(N2C[C@@H]3C(CCNC(=O)/C=C/c4cccnc4)[C@@H]3C2)n1. The zero-order valence-electron chi connectivity index (χ0n) is 18.4. The second-order valence-corrected chi connectivity index (χ2v) is 8.57. The highest BCUT2D eigenvalue weighted by molar-refractivity contribution is 5.91. The summed E-state index contributed by atoms with van der Waals surface area (Å²) in [4.78, 5) is 28.2. The molecule has 2 aromatic heterocycles. The van der Waals surface area contributed by atoms with E-state index >= 15 is 0 Å². The number of aromatic nitrogens is 3. The number of likely N-dealkylation sites (N-methyl/N-ethyl adjacent to an activating group) is 1. The number of fused-ring (bicyclic) bond motifs is 1. The number of ether oxygens (including phenoxy) is 1. The predicted molar refractivity (Wildman–Crippen MR) is 120 cm³/mol. The molecule has 2 aliphatic rings. The van der Waals surface area contributed by atoms with Gasteiger partial charge in [0.05, 0.1) is 6.20 Å². The Hall–Kier alpha value is -3.07. The molecule has 1 aliphatic heterocycles. The number of anilines is 1. The molecule has 1 unspecified atom stereocenters. The Kier molecular flexibility index (Phi) is 6.94. The fraction of sp³-hybridized carbons (Fsp3) is 0.478. The molecule has 0 radical (unpaired) electrons. The van der Waals surface area contributed by atoms with Crippen molar-refractivity contribution in [3.8, 4) is 6.01 Å². The van der Waals surface area contributed by atoms with E-state index in [-0.39, 0.29) is 11.9 Å². The predicted octanol–water partition coefficient (Wildman–Crippen LogP) is 1.85. The maximum atomic E-state index is 14.3. The molecule has 1 aliphatic carbocycles. The molecular formula is C23H29FN6O2. The highest BCUT2D eigenvalue weighted by Gasteiger charge is 2.55. The van der Waals surface area contributed by atoms with Gasteiger partial charge in [0, 0.05) is 44.6 Å². The summed E-state index contributed by atoms with van der Waals surface area (Å²) < 4.78 is 19.9. The van der Waals surface area contributed by atoms with Gasteiger partial charge in [0.1, 0.15) is 6.61 Å². The number of hydrogen-bond donors (Lipinski definition) is 1. The summed E-state index contributed by atoms with van der Waals surface area (Å²) in [7, 11) is 3.91. The molecule has 8 nitrogen and oxygen atoms in total. The van der Waals surface area contributed by atoms with Gasteiger partial charge in [-0.15, -0.1) is 0 Å². The van der Waals surface area contributed by atoms with Crippen molar-refractivity contribution in [2.75, 3.05) is 51.8 Å². The third-order valence-corrected chi connectivity index (χ3v) is 6.03. The lowest BCUT2D eigenvalue weighted by Gasteiger charge is -2.21.